The van der Waals surface area contributed by atoms with Crippen molar-refractivity contribution in [2.24, 2.45) is 0 Å². The van der Waals surface area contributed by atoms with E-state index in [1.165, 1.54) is 12.1 Å². The van der Waals surface area contributed by atoms with Crippen LogP contribution in [0.5, 0.6) is 0 Å². The highest BCUT2D eigenvalue weighted by Gasteiger charge is 2.02. The number of rotatable bonds is 2. The molecule has 0 aliphatic rings. The van der Waals surface area contributed by atoms with Crippen LogP contribution in [0.3, 0.4) is 0 Å². The molecular weight excluding hydrogens is 201 g/mol. The molecule has 0 unspecified atom stereocenters. The lowest BCUT2D eigenvalue weighted by molar-refractivity contribution is 0.500. The van der Waals surface area contributed by atoms with Crippen LogP contribution in [0.2, 0.25) is 0 Å². The number of hydrogen-bond donors (Lipinski definition) is 1. The van der Waals surface area contributed by atoms with Crippen molar-refractivity contribution in [3.05, 3.63) is 42.2 Å². The summed E-state index contributed by atoms with van der Waals surface area (Å²) in [6.45, 7) is 3.67. The van der Waals surface area contributed by atoms with Gasteiger partial charge in [-0.1, -0.05) is 6.58 Å². The molecule has 0 heterocycles. The van der Waals surface area contributed by atoms with Gasteiger partial charge in [-0.2, -0.15) is 0 Å². The van der Waals surface area contributed by atoms with Gasteiger partial charge in [0.15, 0.2) is 0 Å². The van der Waals surface area contributed by atoms with E-state index >= 15 is 0 Å². The van der Waals surface area contributed by atoms with Gasteiger partial charge in [0.1, 0.15) is 11.6 Å². The van der Waals surface area contributed by atoms with Crippen molar-refractivity contribution < 1.29 is 9.13 Å². The molecule has 0 aromatic heterocycles. The predicted molar refractivity (Wildman–Crippen MR) is 58.2 cm³/mol. The Balaban J connectivity index is 2.70. The molecule has 1 aromatic rings. The standard InChI is InChI=1S/C10H10FNOS/c1-7(13-10(14)12-2)8-3-5-9(11)6-4-8/h3-6H,1H2,2H3,(H,12,14). The summed E-state index contributed by atoms with van der Waals surface area (Å²) in [5, 5.41) is 2.89. The van der Waals surface area contributed by atoms with Gasteiger partial charge in [0.2, 0.25) is 0 Å². The van der Waals surface area contributed by atoms with Crippen LogP contribution in [0.1, 0.15) is 5.56 Å². The fraction of sp³-hybridized carbons (Fsp3) is 0.100. The summed E-state index contributed by atoms with van der Waals surface area (Å²) >= 11 is 4.79. The lowest BCUT2D eigenvalue weighted by Gasteiger charge is -2.08. The summed E-state index contributed by atoms with van der Waals surface area (Å²) in [5.74, 6) is 0.0992. The Labute approximate surface area is 87.4 Å². The Hall–Kier alpha value is -1.42. The molecule has 0 atom stereocenters. The average molecular weight is 211 g/mol. The summed E-state index contributed by atoms with van der Waals surface area (Å²) in [4.78, 5) is 0. The highest BCUT2D eigenvalue weighted by molar-refractivity contribution is 7.80. The fourth-order valence-corrected chi connectivity index (χ4v) is 0.958. The number of halogens is 1. The Bertz CT molecular complexity index is 348. The fourth-order valence-electron chi connectivity index (χ4n) is 0.858. The third kappa shape index (κ3) is 2.81. The van der Waals surface area contributed by atoms with E-state index in [-0.39, 0.29) is 11.0 Å². The number of thiocarbonyl (C=S) groups is 1. The molecule has 0 amide bonds. The molecule has 0 spiro atoms. The Kier molecular flexibility index (Phi) is 3.59. The molecule has 0 saturated heterocycles. The van der Waals surface area contributed by atoms with E-state index in [9.17, 15) is 4.39 Å². The molecule has 1 aromatic carbocycles. The SMILES string of the molecule is C=C(OC(=S)NC)c1ccc(F)cc1. The van der Waals surface area contributed by atoms with Crippen molar-refractivity contribution >= 4 is 23.2 Å². The van der Waals surface area contributed by atoms with Crippen LogP contribution < -0.4 is 5.32 Å². The minimum Gasteiger partial charge on any atom is -0.432 e. The number of ether oxygens (including phenoxy) is 1. The minimum absolute atomic E-state index is 0.235. The van der Waals surface area contributed by atoms with Gasteiger partial charge in [0.25, 0.3) is 5.17 Å². The first-order valence-electron chi connectivity index (χ1n) is 3.98. The van der Waals surface area contributed by atoms with Crippen LogP contribution in [0.25, 0.3) is 5.76 Å². The highest BCUT2D eigenvalue weighted by atomic mass is 32.1. The molecule has 4 heteroatoms. The first kappa shape index (κ1) is 10.7. The molecule has 0 fully saturated rings. The summed E-state index contributed by atoms with van der Waals surface area (Å²) in [6, 6.07) is 5.84. The highest BCUT2D eigenvalue weighted by Crippen LogP contribution is 2.14. The zero-order valence-electron chi connectivity index (χ0n) is 7.71. The van der Waals surface area contributed by atoms with E-state index in [2.05, 4.69) is 11.9 Å². The maximum atomic E-state index is 12.6. The van der Waals surface area contributed by atoms with E-state index in [4.69, 9.17) is 17.0 Å². The molecule has 1 N–H and O–H groups in total. The first-order chi connectivity index (χ1) is 6.63. The second-order valence-corrected chi connectivity index (χ2v) is 2.94. The number of benzene rings is 1. The predicted octanol–water partition coefficient (Wildman–Crippen LogP) is 2.32. The normalized spacial score (nSPS) is 9.29. The maximum Gasteiger partial charge on any atom is 0.261 e. The second kappa shape index (κ2) is 4.72. The summed E-state index contributed by atoms with van der Waals surface area (Å²) < 4.78 is 17.7. The van der Waals surface area contributed by atoms with Crippen LogP contribution in [0, 0.1) is 5.82 Å². The van der Waals surface area contributed by atoms with Gasteiger partial charge in [-0.3, -0.25) is 0 Å². The molecule has 2 nitrogen and oxygen atoms in total. The van der Waals surface area contributed by atoms with E-state index in [0.29, 0.717) is 11.3 Å². The average Bonchev–Trinajstić information content (AvgIpc) is 2.18. The maximum absolute atomic E-state index is 12.6. The van der Waals surface area contributed by atoms with Crippen molar-refractivity contribution in [1.82, 2.24) is 5.32 Å². The molecule has 1 rings (SSSR count). The van der Waals surface area contributed by atoms with E-state index < -0.39 is 0 Å². The summed E-state index contributed by atoms with van der Waals surface area (Å²) in [6.07, 6.45) is 0. The molecule has 0 aliphatic heterocycles. The Morgan fingerprint density at radius 1 is 1.43 bits per heavy atom. The first-order valence-corrected chi connectivity index (χ1v) is 4.38. The van der Waals surface area contributed by atoms with Gasteiger partial charge in [-0.05, 0) is 36.5 Å². The molecule has 0 radical (unpaired) electrons. The Morgan fingerprint density at radius 3 is 2.50 bits per heavy atom. The zero-order chi connectivity index (χ0) is 10.6. The quantitative estimate of drug-likeness (QED) is 0.599. The smallest absolute Gasteiger partial charge is 0.261 e. The van der Waals surface area contributed by atoms with E-state index in [0.717, 1.165) is 0 Å². The molecule has 0 bridgehead atoms. The van der Waals surface area contributed by atoms with Crippen molar-refractivity contribution in [1.29, 1.82) is 0 Å². The lowest BCUT2D eigenvalue weighted by Crippen LogP contribution is -2.17. The molecular formula is C10H10FNOS. The van der Waals surface area contributed by atoms with E-state index in [1.54, 1.807) is 19.2 Å². The molecule has 14 heavy (non-hydrogen) atoms. The molecule has 74 valence electrons. The molecule has 0 saturated carbocycles. The second-order valence-electron chi connectivity index (χ2n) is 2.57. The largest absolute Gasteiger partial charge is 0.432 e. The van der Waals surface area contributed by atoms with Gasteiger partial charge in [-0.25, -0.2) is 4.39 Å². The lowest BCUT2D eigenvalue weighted by atomic mass is 10.2. The minimum atomic E-state index is -0.294. The van der Waals surface area contributed by atoms with Crippen molar-refractivity contribution in [3.63, 3.8) is 0 Å². The van der Waals surface area contributed by atoms with Gasteiger partial charge >= 0.3 is 0 Å². The van der Waals surface area contributed by atoms with Crippen molar-refractivity contribution in [2.45, 2.75) is 0 Å². The number of nitrogens with one attached hydrogen (secondary N) is 1. The summed E-state index contributed by atoms with van der Waals surface area (Å²) in [7, 11) is 1.65. The monoisotopic (exact) mass is 211 g/mol. The topological polar surface area (TPSA) is 21.3 Å². The Morgan fingerprint density at radius 2 is 2.00 bits per heavy atom. The van der Waals surface area contributed by atoms with Crippen LogP contribution in [-0.2, 0) is 4.74 Å². The van der Waals surface area contributed by atoms with Crippen LogP contribution in [0.4, 0.5) is 4.39 Å². The van der Waals surface area contributed by atoms with Crippen LogP contribution in [0.15, 0.2) is 30.8 Å². The van der Waals surface area contributed by atoms with Gasteiger partial charge in [0.05, 0.1) is 0 Å². The van der Waals surface area contributed by atoms with Crippen LogP contribution in [-0.4, -0.2) is 12.2 Å². The zero-order valence-corrected chi connectivity index (χ0v) is 8.53. The van der Waals surface area contributed by atoms with Gasteiger partial charge < -0.3 is 10.1 Å². The van der Waals surface area contributed by atoms with Crippen LogP contribution >= 0.6 is 12.2 Å². The van der Waals surface area contributed by atoms with Crippen molar-refractivity contribution in [2.75, 3.05) is 7.05 Å². The third-order valence-corrected chi connectivity index (χ3v) is 1.87. The molecule has 0 aliphatic carbocycles. The van der Waals surface area contributed by atoms with E-state index in [1.807, 2.05) is 0 Å². The summed E-state index contributed by atoms with van der Waals surface area (Å²) in [5.41, 5.74) is 0.698. The van der Waals surface area contributed by atoms with Gasteiger partial charge in [-0.15, -0.1) is 0 Å². The number of hydrogen-bond acceptors (Lipinski definition) is 2. The van der Waals surface area contributed by atoms with Crippen molar-refractivity contribution in [3.8, 4) is 0 Å². The third-order valence-electron chi connectivity index (χ3n) is 1.59. The van der Waals surface area contributed by atoms with Gasteiger partial charge in [0, 0.05) is 12.6 Å².